The van der Waals surface area contributed by atoms with E-state index in [1.54, 1.807) is 6.92 Å². The second-order valence-corrected chi connectivity index (χ2v) is 11.8. The van der Waals surface area contributed by atoms with E-state index in [0.717, 1.165) is 70.1 Å². The zero-order valence-corrected chi connectivity index (χ0v) is 25.3. The molecule has 0 unspecified atom stereocenters. The van der Waals surface area contributed by atoms with Crippen LogP contribution in [0, 0.1) is 19.3 Å². The molecule has 1 fully saturated rings. The van der Waals surface area contributed by atoms with Crippen molar-refractivity contribution in [2.75, 3.05) is 13.1 Å². The van der Waals surface area contributed by atoms with Gasteiger partial charge in [-0.1, -0.05) is 60.2 Å². The van der Waals surface area contributed by atoms with E-state index in [4.69, 9.17) is 4.42 Å². The van der Waals surface area contributed by atoms with Crippen molar-refractivity contribution in [3.8, 4) is 0 Å². The van der Waals surface area contributed by atoms with Gasteiger partial charge in [0.2, 0.25) is 5.91 Å². The first-order valence-electron chi connectivity index (χ1n) is 13.5. The van der Waals surface area contributed by atoms with Crippen LogP contribution in [0.25, 0.3) is 0 Å². The SMILES string of the molecule is C=C/C(C)=C\C=C(/C)C1(C(=O)N(CCCc2cc(C)c(C)o2)CC(S/C(C)=C(\C)C(=O)O)=C(C)CC)CC1. The molecule has 0 radical (unpaired) electrons. The van der Waals surface area contributed by atoms with Crippen LogP contribution in [0.3, 0.4) is 0 Å². The minimum absolute atomic E-state index is 0.154. The fourth-order valence-electron chi connectivity index (χ4n) is 4.19. The Morgan fingerprint density at radius 2 is 1.82 bits per heavy atom. The number of carbonyl (C=O) groups excluding carboxylic acids is 1. The Kier molecular flexibility index (Phi) is 11.5. The van der Waals surface area contributed by atoms with Crippen molar-refractivity contribution in [1.29, 1.82) is 0 Å². The van der Waals surface area contributed by atoms with E-state index < -0.39 is 11.4 Å². The molecule has 0 bridgehead atoms. The van der Waals surface area contributed by atoms with E-state index in [2.05, 4.69) is 39.5 Å². The Morgan fingerprint density at radius 3 is 2.32 bits per heavy atom. The van der Waals surface area contributed by atoms with Crippen molar-refractivity contribution in [3.05, 3.63) is 80.1 Å². The highest BCUT2D eigenvalue weighted by Gasteiger charge is 2.52. The standard InChI is InChI=1S/C32H45NO4S/c1-10-21(3)14-15-24(6)32(16-17-32)31(36)33(18-12-13-28-19-23(5)26(8)37-28)20-29(22(4)11-2)38-27(9)25(7)30(34)35/h10,14-15,19H,1,11-13,16-18,20H2,2-9H3,(H,34,35)/b21-14-,24-15+,27-25+,29-22?. The van der Waals surface area contributed by atoms with E-state index in [9.17, 15) is 14.7 Å². The first-order valence-corrected chi connectivity index (χ1v) is 14.3. The minimum atomic E-state index is -0.916. The third-order valence-electron chi connectivity index (χ3n) is 7.65. The summed E-state index contributed by atoms with van der Waals surface area (Å²) in [5.41, 5.74) is 4.32. The number of carboxylic acid groups (broad SMARTS) is 1. The molecule has 2 rings (SSSR count). The van der Waals surface area contributed by atoms with E-state index in [1.807, 2.05) is 44.7 Å². The molecule has 1 N–H and O–H groups in total. The summed E-state index contributed by atoms with van der Waals surface area (Å²) in [4.78, 5) is 29.5. The van der Waals surface area contributed by atoms with Crippen LogP contribution in [-0.4, -0.2) is 35.0 Å². The van der Waals surface area contributed by atoms with Crippen LogP contribution in [0.4, 0.5) is 0 Å². The summed E-state index contributed by atoms with van der Waals surface area (Å²) in [5, 5.41) is 9.48. The van der Waals surface area contributed by atoms with Crippen LogP contribution in [0.2, 0.25) is 0 Å². The van der Waals surface area contributed by atoms with E-state index in [0.29, 0.717) is 18.7 Å². The van der Waals surface area contributed by atoms with Gasteiger partial charge in [0.25, 0.3) is 0 Å². The molecule has 6 heteroatoms. The zero-order valence-electron chi connectivity index (χ0n) is 24.5. The number of hydrogen-bond donors (Lipinski definition) is 1. The third kappa shape index (κ3) is 8.13. The van der Waals surface area contributed by atoms with Crippen molar-refractivity contribution in [1.82, 2.24) is 4.90 Å². The number of hydrogen-bond acceptors (Lipinski definition) is 4. The van der Waals surface area contributed by atoms with Gasteiger partial charge in [-0.25, -0.2) is 4.79 Å². The number of rotatable bonds is 14. The molecule has 1 aliphatic rings. The summed E-state index contributed by atoms with van der Waals surface area (Å²) in [7, 11) is 0. The van der Waals surface area contributed by atoms with Gasteiger partial charge in [0.1, 0.15) is 11.5 Å². The maximum Gasteiger partial charge on any atom is 0.332 e. The zero-order chi connectivity index (χ0) is 28.6. The van der Waals surface area contributed by atoms with Crippen LogP contribution in [-0.2, 0) is 16.0 Å². The van der Waals surface area contributed by atoms with Crippen molar-refractivity contribution < 1.29 is 19.1 Å². The van der Waals surface area contributed by atoms with E-state index in [-0.39, 0.29) is 5.91 Å². The molecule has 208 valence electrons. The van der Waals surface area contributed by atoms with Crippen molar-refractivity contribution >= 4 is 23.6 Å². The molecule has 0 saturated heterocycles. The van der Waals surface area contributed by atoms with Gasteiger partial charge in [0, 0.05) is 23.4 Å². The maximum atomic E-state index is 14.1. The Labute approximate surface area is 233 Å². The molecule has 0 aromatic carbocycles. The van der Waals surface area contributed by atoms with E-state index >= 15 is 0 Å². The first kappa shape index (κ1) is 31.5. The highest BCUT2D eigenvalue weighted by molar-refractivity contribution is 8.06. The predicted molar refractivity (Wildman–Crippen MR) is 159 cm³/mol. The van der Waals surface area contributed by atoms with Gasteiger partial charge in [-0.3, -0.25) is 4.79 Å². The first-order chi connectivity index (χ1) is 17.9. The van der Waals surface area contributed by atoms with Crippen molar-refractivity contribution in [2.24, 2.45) is 5.41 Å². The molecule has 0 aliphatic heterocycles. The average molecular weight is 540 g/mol. The summed E-state index contributed by atoms with van der Waals surface area (Å²) in [6.45, 7) is 20.6. The number of aliphatic carboxylic acids is 1. The molecule has 0 atom stereocenters. The quantitative estimate of drug-likeness (QED) is 0.190. The Bertz CT molecular complexity index is 1150. The monoisotopic (exact) mass is 539 g/mol. The van der Waals surface area contributed by atoms with Gasteiger partial charge >= 0.3 is 5.97 Å². The van der Waals surface area contributed by atoms with Gasteiger partial charge in [-0.05, 0) is 90.7 Å². The lowest BCUT2D eigenvalue weighted by Crippen LogP contribution is -2.40. The number of nitrogens with zero attached hydrogens (tertiary/aromatic N) is 1. The lowest BCUT2D eigenvalue weighted by Gasteiger charge is -2.30. The molecule has 38 heavy (non-hydrogen) atoms. The lowest BCUT2D eigenvalue weighted by molar-refractivity contribution is -0.135. The Balaban J connectivity index is 2.37. The minimum Gasteiger partial charge on any atom is -0.478 e. The molecule has 1 aliphatic carbocycles. The number of furan rings is 1. The number of carboxylic acids is 1. The fourth-order valence-corrected chi connectivity index (χ4v) is 5.34. The predicted octanol–water partition coefficient (Wildman–Crippen LogP) is 8.31. The second-order valence-electron chi connectivity index (χ2n) is 10.5. The van der Waals surface area contributed by atoms with Gasteiger partial charge < -0.3 is 14.4 Å². The lowest BCUT2D eigenvalue weighted by atomic mass is 9.94. The fraction of sp³-hybridized carbons (Fsp3) is 0.500. The summed E-state index contributed by atoms with van der Waals surface area (Å²) in [6, 6.07) is 2.08. The number of allylic oxidation sites excluding steroid dienone is 6. The maximum absolute atomic E-state index is 14.1. The molecule has 1 amide bonds. The van der Waals surface area contributed by atoms with Gasteiger partial charge in [0.15, 0.2) is 0 Å². The smallest absolute Gasteiger partial charge is 0.332 e. The van der Waals surface area contributed by atoms with Crippen LogP contribution in [0.1, 0.15) is 84.3 Å². The van der Waals surface area contributed by atoms with Gasteiger partial charge in [-0.2, -0.15) is 0 Å². The largest absolute Gasteiger partial charge is 0.478 e. The van der Waals surface area contributed by atoms with Gasteiger partial charge in [0.05, 0.1) is 12.0 Å². The Morgan fingerprint density at radius 1 is 1.16 bits per heavy atom. The molecule has 1 aromatic heterocycles. The Hall–Kier alpha value is -2.73. The molecular formula is C32H45NO4S. The molecule has 0 spiro atoms. The molecule has 1 aromatic rings. The second kappa shape index (κ2) is 13.9. The highest BCUT2D eigenvalue weighted by Crippen LogP contribution is 2.53. The van der Waals surface area contributed by atoms with E-state index in [1.165, 1.54) is 17.3 Å². The number of carbonyl (C=O) groups is 2. The summed E-state index contributed by atoms with van der Waals surface area (Å²) in [6.07, 6.45) is 9.97. The van der Waals surface area contributed by atoms with Crippen molar-refractivity contribution in [2.45, 2.75) is 87.5 Å². The summed E-state index contributed by atoms with van der Waals surface area (Å²) in [5.74, 6) is 1.12. The van der Waals surface area contributed by atoms with Crippen LogP contribution in [0.5, 0.6) is 0 Å². The number of aryl methyl sites for hydroxylation is 3. The highest BCUT2D eigenvalue weighted by atomic mass is 32.2. The molecular weight excluding hydrogens is 494 g/mol. The van der Waals surface area contributed by atoms with Crippen molar-refractivity contribution in [3.63, 3.8) is 0 Å². The molecule has 1 saturated carbocycles. The number of thioether (sulfide) groups is 1. The van der Waals surface area contributed by atoms with Crippen LogP contribution in [0.15, 0.2) is 67.4 Å². The topological polar surface area (TPSA) is 70.8 Å². The average Bonchev–Trinajstić information content (AvgIpc) is 3.64. The summed E-state index contributed by atoms with van der Waals surface area (Å²) >= 11 is 1.48. The normalized spacial score (nSPS) is 16.5. The summed E-state index contributed by atoms with van der Waals surface area (Å²) < 4.78 is 5.88. The molecule has 5 nitrogen and oxygen atoms in total. The molecule has 1 heterocycles. The third-order valence-corrected chi connectivity index (χ3v) is 8.99. The number of amides is 1. The van der Waals surface area contributed by atoms with Gasteiger partial charge in [-0.15, -0.1) is 0 Å². The van der Waals surface area contributed by atoms with Crippen LogP contribution >= 0.6 is 11.8 Å². The van der Waals surface area contributed by atoms with Crippen LogP contribution < -0.4 is 0 Å².